The average molecular weight is 867 g/mol. The number of fused-ring (bicyclic) bond motifs is 4. The summed E-state index contributed by atoms with van der Waals surface area (Å²) in [4.78, 5) is 36.7. The highest BCUT2D eigenvalue weighted by Gasteiger charge is 2.37. The molecular formula is C44H42N12O8. The van der Waals surface area contributed by atoms with Crippen LogP contribution in [0.15, 0.2) is 86.0 Å². The molecule has 2 aliphatic rings. The molecule has 2 aromatic carbocycles. The van der Waals surface area contributed by atoms with E-state index < -0.39 is 23.0 Å². The summed E-state index contributed by atoms with van der Waals surface area (Å²) in [6.45, 7) is 3.42. The van der Waals surface area contributed by atoms with Crippen LogP contribution >= 0.6 is 0 Å². The van der Waals surface area contributed by atoms with Gasteiger partial charge >= 0.3 is 0 Å². The summed E-state index contributed by atoms with van der Waals surface area (Å²) in [6, 6.07) is 10.5. The standard InChI is InChI=1S/C44H42N12O8/c1-43(23-57)14-26-10-31(36(12-34(26)63-43)61-21-25-16-47-53(3)20-25)52-42(60)30-19-50-56-33(6-8-46-40(30)56)38-28(17-48-54(38)4)22-62-37-13-35-27(15-44(2,24-58)64-35)11-32(37)51-41(59)29-18-49-55-9-5-7-45-39(29)55/h5-13,16-20,57-58H,14-15,21-24H2,1-4H3,(H,51,59)(H,52,60)/t43-,44+/m0/s1. The van der Waals surface area contributed by atoms with Crippen LogP contribution in [0.4, 0.5) is 11.4 Å². The maximum Gasteiger partial charge on any atom is 0.261 e. The van der Waals surface area contributed by atoms with Crippen LogP contribution in [-0.2, 0) is 40.2 Å². The third-order valence-electron chi connectivity index (χ3n) is 11.3. The van der Waals surface area contributed by atoms with E-state index in [0.29, 0.717) is 69.8 Å². The molecule has 0 saturated heterocycles. The Bertz CT molecular complexity index is 3140. The van der Waals surface area contributed by atoms with Crippen molar-refractivity contribution >= 4 is 34.5 Å². The number of ether oxygens (including phenoxy) is 4. The number of nitrogens with zero attached hydrogens (tertiary/aromatic N) is 10. The molecule has 0 aliphatic carbocycles. The molecule has 20 heteroatoms. The van der Waals surface area contributed by atoms with Crippen molar-refractivity contribution in [1.29, 1.82) is 0 Å². The Kier molecular flexibility index (Phi) is 9.75. The van der Waals surface area contributed by atoms with Crippen molar-refractivity contribution in [3.8, 4) is 34.4 Å². The Morgan fingerprint density at radius 1 is 0.766 bits per heavy atom. The number of benzene rings is 2. The van der Waals surface area contributed by atoms with Crippen molar-refractivity contribution in [1.82, 2.24) is 48.8 Å². The molecule has 2 aliphatic heterocycles. The number of aliphatic hydroxyl groups is 2. The molecule has 0 bridgehead atoms. The van der Waals surface area contributed by atoms with Crippen molar-refractivity contribution in [3.63, 3.8) is 0 Å². The van der Waals surface area contributed by atoms with Gasteiger partial charge in [0.1, 0.15) is 58.5 Å². The number of aliphatic hydroxyl groups excluding tert-OH is 2. The monoisotopic (exact) mass is 866 g/mol. The Morgan fingerprint density at radius 2 is 1.39 bits per heavy atom. The van der Waals surface area contributed by atoms with E-state index in [2.05, 4.69) is 41.0 Å². The summed E-state index contributed by atoms with van der Waals surface area (Å²) in [7, 11) is 3.60. The molecule has 8 heterocycles. The van der Waals surface area contributed by atoms with E-state index in [-0.39, 0.29) is 43.2 Å². The molecule has 0 saturated carbocycles. The summed E-state index contributed by atoms with van der Waals surface area (Å²) in [6.07, 6.45) is 13.8. The minimum absolute atomic E-state index is 0.00200. The molecule has 0 fully saturated rings. The highest BCUT2D eigenvalue weighted by molar-refractivity contribution is 6.09. The van der Waals surface area contributed by atoms with E-state index in [4.69, 9.17) is 18.9 Å². The first kappa shape index (κ1) is 40.2. The highest BCUT2D eigenvalue weighted by Crippen LogP contribution is 2.43. The van der Waals surface area contributed by atoms with Crippen LogP contribution in [0.2, 0.25) is 0 Å². The number of nitrogens with one attached hydrogen (secondary N) is 2. The van der Waals surface area contributed by atoms with Crippen LogP contribution < -0.4 is 29.6 Å². The molecule has 4 N–H and O–H groups in total. The number of hydrogen-bond acceptors (Lipinski definition) is 14. The number of hydrogen-bond donors (Lipinski definition) is 4. The molecule has 10 rings (SSSR count). The van der Waals surface area contributed by atoms with Crippen LogP contribution in [0.25, 0.3) is 22.7 Å². The third kappa shape index (κ3) is 7.26. The van der Waals surface area contributed by atoms with E-state index >= 15 is 0 Å². The van der Waals surface area contributed by atoms with Gasteiger partial charge in [0.15, 0.2) is 11.3 Å². The van der Waals surface area contributed by atoms with E-state index in [1.807, 2.05) is 27.1 Å². The second-order valence-corrected chi connectivity index (χ2v) is 16.4. The first-order valence-electron chi connectivity index (χ1n) is 20.3. The van der Waals surface area contributed by atoms with Gasteiger partial charge < -0.3 is 39.8 Å². The Morgan fingerprint density at radius 3 is 2.03 bits per heavy atom. The van der Waals surface area contributed by atoms with E-state index in [9.17, 15) is 19.8 Å². The zero-order chi connectivity index (χ0) is 44.3. The molecule has 20 nitrogen and oxygen atoms in total. The fourth-order valence-electron chi connectivity index (χ4n) is 8.08. The highest BCUT2D eigenvalue weighted by atomic mass is 16.5. The van der Waals surface area contributed by atoms with Gasteiger partial charge in [0, 0.05) is 86.1 Å². The van der Waals surface area contributed by atoms with Crippen LogP contribution in [0.1, 0.15) is 56.8 Å². The lowest BCUT2D eigenvalue weighted by molar-refractivity contribution is 0.0444. The molecule has 64 heavy (non-hydrogen) atoms. The first-order chi connectivity index (χ1) is 30.9. The number of anilines is 2. The second-order valence-electron chi connectivity index (χ2n) is 16.4. The van der Waals surface area contributed by atoms with E-state index in [0.717, 1.165) is 16.7 Å². The number of amides is 2. The van der Waals surface area contributed by atoms with Crippen LogP contribution in [-0.4, -0.2) is 95.2 Å². The lowest BCUT2D eigenvalue weighted by Crippen LogP contribution is -2.34. The molecule has 326 valence electrons. The molecule has 0 radical (unpaired) electrons. The van der Waals surface area contributed by atoms with Gasteiger partial charge in [-0.2, -0.15) is 20.4 Å². The molecule has 2 atom stereocenters. The maximum absolute atomic E-state index is 14.1. The van der Waals surface area contributed by atoms with Gasteiger partial charge in [-0.1, -0.05) is 0 Å². The van der Waals surface area contributed by atoms with Gasteiger partial charge in [-0.05, 0) is 38.1 Å². The number of aromatic nitrogens is 10. The molecule has 6 aromatic heterocycles. The minimum atomic E-state index is -0.841. The van der Waals surface area contributed by atoms with Gasteiger partial charge in [-0.15, -0.1) is 0 Å². The maximum atomic E-state index is 14.1. The van der Waals surface area contributed by atoms with Gasteiger partial charge in [-0.3, -0.25) is 19.0 Å². The third-order valence-corrected chi connectivity index (χ3v) is 11.3. The fourth-order valence-corrected chi connectivity index (χ4v) is 8.08. The van der Waals surface area contributed by atoms with Crippen molar-refractivity contribution < 1.29 is 38.7 Å². The van der Waals surface area contributed by atoms with Crippen molar-refractivity contribution in [2.45, 2.75) is 51.1 Å². The first-order valence-corrected chi connectivity index (χ1v) is 20.3. The lowest BCUT2D eigenvalue weighted by Gasteiger charge is -2.20. The fraction of sp³-hybridized carbons (Fsp3) is 0.273. The lowest BCUT2D eigenvalue weighted by atomic mass is 10.00. The summed E-state index contributed by atoms with van der Waals surface area (Å²) in [5.41, 5.74) is 4.58. The molecular weight excluding hydrogens is 825 g/mol. The Hall–Kier alpha value is -7.84. The van der Waals surface area contributed by atoms with Crippen LogP contribution in [0, 0.1) is 0 Å². The number of carbonyl (C=O) groups is 2. The molecule has 0 unspecified atom stereocenters. The van der Waals surface area contributed by atoms with E-state index in [1.165, 1.54) is 16.9 Å². The van der Waals surface area contributed by atoms with Crippen molar-refractivity contribution in [2.75, 3.05) is 23.8 Å². The SMILES string of the molecule is Cn1cc(COc2cc3c(cc2NC(=O)c2cnn4c(-c5c(COc6cc7c(cc6NC(=O)c6cnn8cccnc68)C[C@](C)(CO)O7)cnn5C)ccnc24)C[C@@](C)(CO)O3)cn1. The summed E-state index contributed by atoms with van der Waals surface area (Å²) < 4.78 is 31.3. The summed E-state index contributed by atoms with van der Waals surface area (Å²) >= 11 is 0. The van der Waals surface area contributed by atoms with Gasteiger partial charge in [0.05, 0.1) is 60.8 Å². The zero-order valence-corrected chi connectivity index (χ0v) is 35.1. The molecule has 2 amide bonds. The zero-order valence-electron chi connectivity index (χ0n) is 35.1. The van der Waals surface area contributed by atoms with Crippen LogP contribution in [0.3, 0.4) is 0 Å². The van der Waals surface area contributed by atoms with Gasteiger partial charge in [-0.25, -0.2) is 19.0 Å². The van der Waals surface area contributed by atoms with Crippen LogP contribution in [0.5, 0.6) is 23.0 Å². The molecule has 8 aromatic rings. The van der Waals surface area contributed by atoms with Gasteiger partial charge in [0.2, 0.25) is 0 Å². The van der Waals surface area contributed by atoms with Gasteiger partial charge in [0.25, 0.3) is 11.8 Å². The predicted molar refractivity (Wildman–Crippen MR) is 228 cm³/mol. The summed E-state index contributed by atoms with van der Waals surface area (Å²) in [5.74, 6) is 0.852. The normalized spacial score (nSPS) is 17.5. The van der Waals surface area contributed by atoms with E-state index in [1.54, 1.807) is 88.3 Å². The Labute approximate surface area is 364 Å². The second kappa shape index (κ2) is 15.5. The average Bonchev–Trinajstić information content (AvgIpc) is 4.15. The number of carbonyl (C=O) groups excluding carboxylic acids is 2. The predicted octanol–water partition coefficient (Wildman–Crippen LogP) is 3.94. The smallest absolute Gasteiger partial charge is 0.261 e. The number of aryl methyl sites for hydroxylation is 2. The number of rotatable bonds is 13. The largest absolute Gasteiger partial charge is 0.486 e. The van der Waals surface area contributed by atoms with Crippen molar-refractivity contribution in [2.24, 2.45) is 14.1 Å². The topological polar surface area (TPSA) is 232 Å². The molecule has 0 spiro atoms. The quantitative estimate of drug-likeness (QED) is 0.129. The van der Waals surface area contributed by atoms with Crippen molar-refractivity contribution in [3.05, 3.63) is 119 Å². The summed E-state index contributed by atoms with van der Waals surface area (Å²) in [5, 5.41) is 43.7. The Balaban J connectivity index is 0.930. The minimum Gasteiger partial charge on any atom is -0.486 e.